The van der Waals surface area contributed by atoms with E-state index in [1.807, 2.05) is 26.4 Å². The van der Waals surface area contributed by atoms with Crippen molar-refractivity contribution in [3.05, 3.63) is 45.7 Å². The van der Waals surface area contributed by atoms with Gasteiger partial charge in [0.25, 0.3) is 0 Å². The predicted molar refractivity (Wildman–Crippen MR) is 73.0 cm³/mol. The molecule has 0 saturated carbocycles. The Morgan fingerprint density at radius 1 is 1.39 bits per heavy atom. The first-order chi connectivity index (χ1) is 8.60. The van der Waals surface area contributed by atoms with Crippen molar-refractivity contribution in [2.24, 2.45) is 7.05 Å². The van der Waals surface area contributed by atoms with Gasteiger partial charge in [0.15, 0.2) is 0 Å². The number of aromatic nitrogens is 3. The van der Waals surface area contributed by atoms with Crippen LogP contribution >= 0.6 is 23.2 Å². The van der Waals surface area contributed by atoms with Gasteiger partial charge in [-0.25, -0.2) is 0 Å². The van der Waals surface area contributed by atoms with Crippen molar-refractivity contribution in [1.82, 2.24) is 20.3 Å². The lowest BCUT2D eigenvalue weighted by atomic mass is 10.0. The Morgan fingerprint density at radius 2 is 2.17 bits per heavy atom. The number of halogens is 2. The summed E-state index contributed by atoms with van der Waals surface area (Å²) in [5.41, 5.74) is 1.88. The van der Waals surface area contributed by atoms with Gasteiger partial charge >= 0.3 is 0 Å². The fourth-order valence-electron chi connectivity index (χ4n) is 1.85. The van der Waals surface area contributed by atoms with Gasteiger partial charge in [0.2, 0.25) is 0 Å². The van der Waals surface area contributed by atoms with E-state index in [0.717, 1.165) is 11.3 Å². The minimum atomic E-state index is 0.0629. The van der Waals surface area contributed by atoms with Crippen LogP contribution in [-0.4, -0.2) is 22.0 Å². The van der Waals surface area contributed by atoms with Gasteiger partial charge in [-0.2, -0.15) is 0 Å². The summed E-state index contributed by atoms with van der Waals surface area (Å²) >= 11 is 12.2. The third kappa shape index (κ3) is 3.02. The normalized spacial score (nSPS) is 12.7. The summed E-state index contributed by atoms with van der Waals surface area (Å²) in [5.74, 6) is 0. The molecule has 0 aliphatic rings. The Hall–Kier alpha value is -1.10. The second kappa shape index (κ2) is 5.69. The molecule has 0 aliphatic heterocycles. The fourth-order valence-corrected chi connectivity index (χ4v) is 2.28. The molecule has 0 amide bonds. The second-order valence-electron chi connectivity index (χ2n) is 4.09. The van der Waals surface area contributed by atoms with Crippen LogP contribution in [0.2, 0.25) is 10.0 Å². The number of hydrogen-bond acceptors (Lipinski definition) is 3. The van der Waals surface area contributed by atoms with E-state index >= 15 is 0 Å². The molecule has 0 bridgehead atoms. The summed E-state index contributed by atoms with van der Waals surface area (Å²) in [4.78, 5) is 0. The highest BCUT2D eigenvalue weighted by Gasteiger charge is 2.15. The van der Waals surface area contributed by atoms with Gasteiger partial charge < -0.3 is 5.32 Å². The summed E-state index contributed by atoms with van der Waals surface area (Å²) in [5, 5.41) is 12.6. The van der Waals surface area contributed by atoms with Crippen molar-refractivity contribution in [3.63, 3.8) is 0 Å². The van der Waals surface area contributed by atoms with Gasteiger partial charge in [0.1, 0.15) is 0 Å². The van der Waals surface area contributed by atoms with Gasteiger partial charge in [-0.3, -0.25) is 4.68 Å². The second-order valence-corrected chi connectivity index (χ2v) is 4.94. The lowest BCUT2D eigenvalue weighted by Gasteiger charge is -2.17. The zero-order valence-corrected chi connectivity index (χ0v) is 11.7. The van der Waals surface area contributed by atoms with Crippen LogP contribution in [0.5, 0.6) is 0 Å². The maximum absolute atomic E-state index is 6.20. The van der Waals surface area contributed by atoms with Gasteiger partial charge in [-0.05, 0) is 30.8 Å². The number of aryl methyl sites for hydroxylation is 1. The van der Waals surface area contributed by atoms with Crippen molar-refractivity contribution >= 4 is 23.2 Å². The largest absolute Gasteiger partial charge is 0.313 e. The van der Waals surface area contributed by atoms with Crippen LogP contribution in [-0.2, 0) is 13.5 Å². The molecule has 0 saturated heterocycles. The third-order valence-corrected chi connectivity index (χ3v) is 3.32. The number of likely N-dealkylation sites (N-methyl/N-ethyl adjacent to an activating group) is 1. The van der Waals surface area contributed by atoms with E-state index in [9.17, 15) is 0 Å². The minimum absolute atomic E-state index is 0.0629. The molecule has 2 rings (SSSR count). The zero-order chi connectivity index (χ0) is 13.1. The quantitative estimate of drug-likeness (QED) is 0.939. The average molecular weight is 285 g/mol. The van der Waals surface area contributed by atoms with E-state index in [1.54, 1.807) is 16.8 Å². The molecule has 2 aromatic rings. The van der Waals surface area contributed by atoms with E-state index in [-0.39, 0.29) is 6.04 Å². The Bertz CT molecular complexity index is 539. The first kappa shape index (κ1) is 13.3. The highest BCUT2D eigenvalue weighted by molar-refractivity contribution is 6.33. The Kier molecular flexibility index (Phi) is 4.22. The van der Waals surface area contributed by atoms with Crippen molar-refractivity contribution in [1.29, 1.82) is 0 Å². The lowest BCUT2D eigenvalue weighted by molar-refractivity contribution is 0.583. The van der Waals surface area contributed by atoms with Crippen LogP contribution in [0.4, 0.5) is 0 Å². The van der Waals surface area contributed by atoms with E-state index in [0.29, 0.717) is 16.5 Å². The molecule has 6 heteroatoms. The van der Waals surface area contributed by atoms with E-state index in [2.05, 4.69) is 15.6 Å². The molecule has 1 heterocycles. The monoisotopic (exact) mass is 284 g/mol. The van der Waals surface area contributed by atoms with Crippen LogP contribution in [0.1, 0.15) is 17.3 Å². The molecular formula is C12H14Cl2N4. The summed E-state index contributed by atoms with van der Waals surface area (Å²) in [6.45, 7) is 0. The van der Waals surface area contributed by atoms with Crippen LogP contribution in [0.15, 0.2) is 24.4 Å². The van der Waals surface area contributed by atoms with E-state index < -0.39 is 0 Å². The van der Waals surface area contributed by atoms with Crippen LogP contribution in [0, 0.1) is 0 Å². The number of nitrogens with zero attached hydrogens (tertiary/aromatic N) is 3. The predicted octanol–water partition coefficient (Wildman–Crippen LogP) is 2.63. The molecule has 0 radical (unpaired) electrons. The maximum atomic E-state index is 6.20. The zero-order valence-electron chi connectivity index (χ0n) is 10.2. The number of hydrogen-bond donors (Lipinski definition) is 1. The fraction of sp³-hybridized carbons (Fsp3) is 0.333. The molecule has 0 aliphatic carbocycles. The molecule has 4 nitrogen and oxygen atoms in total. The minimum Gasteiger partial charge on any atom is -0.313 e. The van der Waals surface area contributed by atoms with Crippen molar-refractivity contribution in [2.45, 2.75) is 12.5 Å². The average Bonchev–Trinajstić information content (AvgIpc) is 2.75. The molecule has 1 aromatic carbocycles. The SMILES string of the molecule is CNC(Cc1cn(C)nn1)c1cc(Cl)ccc1Cl. The smallest absolute Gasteiger partial charge is 0.0845 e. The molecule has 1 aromatic heterocycles. The molecular weight excluding hydrogens is 271 g/mol. The van der Waals surface area contributed by atoms with Gasteiger partial charge in [0, 0.05) is 35.8 Å². The lowest BCUT2D eigenvalue weighted by Crippen LogP contribution is -2.19. The van der Waals surface area contributed by atoms with Crippen LogP contribution in [0.25, 0.3) is 0 Å². The maximum Gasteiger partial charge on any atom is 0.0845 e. The summed E-state index contributed by atoms with van der Waals surface area (Å²) in [6, 6.07) is 5.53. The summed E-state index contributed by atoms with van der Waals surface area (Å²) in [6.07, 6.45) is 2.60. The summed E-state index contributed by atoms with van der Waals surface area (Å²) in [7, 11) is 3.73. The van der Waals surface area contributed by atoms with E-state index in [1.165, 1.54) is 0 Å². The molecule has 0 fully saturated rings. The van der Waals surface area contributed by atoms with Crippen molar-refractivity contribution in [2.75, 3.05) is 7.05 Å². The van der Waals surface area contributed by atoms with Gasteiger partial charge in [0.05, 0.1) is 5.69 Å². The molecule has 1 unspecified atom stereocenters. The van der Waals surface area contributed by atoms with E-state index in [4.69, 9.17) is 23.2 Å². The highest BCUT2D eigenvalue weighted by atomic mass is 35.5. The number of benzene rings is 1. The highest BCUT2D eigenvalue weighted by Crippen LogP contribution is 2.27. The van der Waals surface area contributed by atoms with Gasteiger partial charge in [-0.1, -0.05) is 28.4 Å². The Labute approximate surface area is 116 Å². The molecule has 1 atom stereocenters. The van der Waals surface area contributed by atoms with Crippen LogP contribution in [0.3, 0.4) is 0 Å². The standard InChI is InChI=1S/C12H14Cl2N4/c1-15-12(6-9-7-18(2)17-16-9)10-5-8(13)3-4-11(10)14/h3-5,7,12,15H,6H2,1-2H3. The topological polar surface area (TPSA) is 42.7 Å². The van der Waals surface area contributed by atoms with Gasteiger partial charge in [-0.15, -0.1) is 5.10 Å². The van der Waals surface area contributed by atoms with Crippen molar-refractivity contribution in [3.8, 4) is 0 Å². The number of rotatable bonds is 4. The molecule has 18 heavy (non-hydrogen) atoms. The molecule has 0 spiro atoms. The first-order valence-electron chi connectivity index (χ1n) is 5.57. The molecule has 1 N–H and O–H groups in total. The van der Waals surface area contributed by atoms with Crippen molar-refractivity contribution < 1.29 is 0 Å². The Morgan fingerprint density at radius 3 is 2.78 bits per heavy atom. The Balaban J connectivity index is 2.25. The first-order valence-corrected chi connectivity index (χ1v) is 6.33. The third-order valence-electron chi connectivity index (χ3n) is 2.75. The van der Waals surface area contributed by atoms with Crippen LogP contribution < -0.4 is 5.32 Å². The molecule has 96 valence electrons. The summed E-state index contributed by atoms with van der Waals surface area (Å²) < 4.78 is 1.68. The number of nitrogens with one attached hydrogen (secondary N) is 1.